The number of hydrogen-bond acceptors (Lipinski definition) is 4. The molecule has 0 amide bonds. The summed E-state index contributed by atoms with van der Waals surface area (Å²) in [5, 5.41) is 0. The molecule has 2 aromatic rings. The zero-order valence-electron chi connectivity index (χ0n) is 16.8. The molecule has 0 fully saturated rings. The number of rotatable bonds is 10. The Morgan fingerprint density at radius 1 is 1.00 bits per heavy atom. The van der Waals surface area contributed by atoms with Crippen LogP contribution < -0.4 is 9.46 Å². The van der Waals surface area contributed by atoms with Gasteiger partial charge in [0.1, 0.15) is 11.5 Å². The van der Waals surface area contributed by atoms with Crippen molar-refractivity contribution >= 4 is 15.7 Å². The zero-order chi connectivity index (χ0) is 20.0. The molecule has 0 radical (unpaired) electrons. The quantitative estimate of drug-likeness (QED) is 0.559. The number of anilines is 1. The number of nitrogens with zero attached hydrogens (tertiary/aromatic N) is 1. The standard InChI is InChI=1S/C22H30N2O3S/c1-3-5-6-15-28(25,26)23-19-10-12-20(13-11-19)27-22-9-7-8-18-16-24(14-4-2)17-21(18)22/h7-13,23H,3-6,14-17H2,1-2H3. The lowest BCUT2D eigenvalue weighted by Gasteiger charge is -2.13. The molecule has 0 atom stereocenters. The Labute approximate surface area is 168 Å². The van der Waals surface area contributed by atoms with E-state index >= 15 is 0 Å². The van der Waals surface area contributed by atoms with Crippen molar-refractivity contribution in [1.82, 2.24) is 4.90 Å². The Morgan fingerprint density at radius 2 is 1.79 bits per heavy atom. The molecule has 152 valence electrons. The molecule has 0 aromatic heterocycles. The second-order valence-corrected chi connectivity index (χ2v) is 9.20. The third-order valence-corrected chi connectivity index (χ3v) is 6.29. The molecule has 1 N–H and O–H groups in total. The fourth-order valence-corrected chi connectivity index (χ4v) is 4.70. The van der Waals surface area contributed by atoms with Crippen molar-refractivity contribution in [3.8, 4) is 11.5 Å². The van der Waals surface area contributed by atoms with Crippen molar-refractivity contribution in [2.45, 2.75) is 52.6 Å². The lowest BCUT2D eigenvalue weighted by atomic mass is 10.1. The molecule has 5 nitrogen and oxygen atoms in total. The molecule has 6 heteroatoms. The molecule has 28 heavy (non-hydrogen) atoms. The van der Waals surface area contributed by atoms with Gasteiger partial charge in [-0.3, -0.25) is 9.62 Å². The lowest BCUT2D eigenvalue weighted by molar-refractivity contribution is 0.283. The van der Waals surface area contributed by atoms with Crippen LogP contribution in [0.5, 0.6) is 11.5 Å². The molecule has 0 spiro atoms. The minimum absolute atomic E-state index is 0.156. The lowest BCUT2D eigenvalue weighted by Crippen LogP contribution is -2.16. The van der Waals surface area contributed by atoms with Crippen LogP contribution in [0.4, 0.5) is 5.69 Å². The van der Waals surface area contributed by atoms with E-state index in [1.165, 1.54) is 11.1 Å². The van der Waals surface area contributed by atoms with E-state index in [1.807, 2.05) is 24.3 Å². The summed E-state index contributed by atoms with van der Waals surface area (Å²) >= 11 is 0. The Kier molecular flexibility index (Phi) is 6.97. The first kappa shape index (κ1) is 20.7. The highest BCUT2D eigenvalue weighted by atomic mass is 32.2. The highest BCUT2D eigenvalue weighted by molar-refractivity contribution is 7.92. The van der Waals surface area contributed by atoms with E-state index in [1.54, 1.807) is 12.1 Å². The van der Waals surface area contributed by atoms with Crippen LogP contribution in [-0.4, -0.2) is 25.6 Å². The molecule has 0 unspecified atom stereocenters. The van der Waals surface area contributed by atoms with Gasteiger partial charge in [0.2, 0.25) is 10.0 Å². The van der Waals surface area contributed by atoms with Crippen LogP contribution in [0.25, 0.3) is 0 Å². The first-order chi connectivity index (χ1) is 13.5. The summed E-state index contributed by atoms with van der Waals surface area (Å²) in [7, 11) is -3.29. The maximum atomic E-state index is 12.1. The van der Waals surface area contributed by atoms with Crippen LogP contribution in [-0.2, 0) is 23.1 Å². The fraction of sp³-hybridized carbons (Fsp3) is 0.455. The van der Waals surface area contributed by atoms with Gasteiger partial charge in [-0.1, -0.05) is 38.8 Å². The minimum Gasteiger partial charge on any atom is -0.457 e. The molecule has 3 rings (SSSR count). The maximum absolute atomic E-state index is 12.1. The number of unbranched alkanes of at least 4 members (excludes halogenated alkanes) is 2. The van der Waals surface area contributed by atoms with Gasteiger partial charge >= 0.3 is 0 Å². The number of fused-ring (bicyclic) bond motifs is 1. The Balaban J connectivity index is 1.64. The van der Waals surface area contributed by atoms with Crippen molar-refractivity contribution in [2.24, 2.45) is 0 Å². The largest absolute Gasteiger partial charge is 0.457 e. The fourth-order valence-electron chi connectivity index (χ4n) is 3.52. The maximum Gasteiger partial charge on any atom is 0.232 e. The normalized spacial score (nSPS) is 14.1. The molecule has 2 aromatic carbocycles. The Hall–Kier alpha value is -2.05. The third-order valence-electron chi connectivity index (χ3n) is 4.92. The van der Waals surface area contributed by atoms with E-state index in [9.17, 15) is 8.42 Å². The van der Waals surface area contributed by atoms with E-state index in [0.29, 0.717) is 17.9 Å². The molecule has 1 aliphatic rings. The number of hydrogen-bond donors (Lipinski definition) is 1. The molecule has 0 bridgehead atoms. The van der Waals surface area contributed by atoms with E-state index in [0.717, 1.165) is 44.6 Å². The van der Waals surface area contributed by atoms with Crippen molar-refractivity contribution < 1.29 is 13.2 Å². The summed E-state index contributed by atoms with van der Waals surface area (Å²) in [6.45, 7) is 7.22. The minimum atomic E-state index is -3.29. The second kappa shape index (κ2) is 9.43. The average molecular weight is 403 g/mol. The average Bonchev–Trinajstić information content (AvgIpc) is 3.07. The summed E-state index contributed by atoms with van der Waals surface area (Å²) in [4.78, 5) is 2.42. The highest BCUT2D eigenvalue weighted by Crippen LogP contribution is 2.34. The number of sulfonamides is 1. The zero-order valence-corrected chi connectivity index (χ0v) is 17.6. The van der Waals surface area contributed by atoms with Crippen LogP contribution in [0.1, 0.15) is 50.7 Å². The monoisotopic (exact) mass is 402 g/mol. The predicted molar refractivity (Wildman–Crippen MR) is 114 cm³/mol. The van der Waals surface area contributed by atoms with E-state index in [-0.39, 0.29) is 5.75 Å². The van der Waals surface area contributed by atoms with Gasteiger partial charge in [-0.25, -0.2) is 8.42 Å². The molecule has 1 heterocycles. The molecule has 0 saturated carbocycles. The molecule has 0 saturated heterocycles. The highest BCUT2D eigenvalue weighted by Gasteiger charge is 2.21. The van der Waals surface area contributed by atoms with E-state index in [4.69, 9.17) is 4.74 Å². The van der Waals surface area contributed by atoms with E-state index in [2.05, 4.69) is 29.5 Å². The third kappa shape index (κ3) is 5.49. The summed E-state index contributed by atoms with van der Waals surface area (Å²) < 4.78 is 33.0. The number of ether oxygens (including phenoxy) is 1. The van der Waals surface area contributed by atoms with E-state index < -0.39 is 10.0 Å². The van der Waals surface area contributed by atoms with Crippen LogP contribution >= 0.6 is 0 Å². The topological polar surface area (TPSA) is 58.6 Å². The Bertz CT molecular complexity index is 879. The SMILES string of the molecule is CCCCCS(=O)(=O)Nc1ccc(Oc2cccc3c2CN(CCC)C3)cc1. The van der Waals surface area contributed by atoms with Crippen molar-refractivity contribution in [3.05, 3.63) is 53.6 Å². The number of benzene rings is 2. The first-order valence-electron chi connectivity index (χ1n) is 10.1. The molecular weight excluding hydrogens is 372 g/mol. The van der Waals surface area contributed by atoms with Gasteiger partial charge in [0, 0.05) is 24.3 Å². The Morgan fingerprint density at radius 3 is 2.50 bits per heavy atom. The van der Waals surface area contributed by atoms with Gasteiger partial charge in [-0.2, -0.15) is 0 Å². The van der Waals surface area contributed by atoms with Gasteiger partial charge in [-0.15, -0.1) is 0 Å². The first-order valence-corrected chi connectivity index (χ1v) is 11.8. The van der Waals surface area contributed by atoms with Gasteiger partial charge in [-0.05, 0) is 55.3 Å². The van der Waals surface area contributed by atoms with Crippen LogP contribution in [0.2, 0.25) is 0 Å². The van der Waals surface area contributed by atoms with Crippen molar-refractivity contribution in [2.75, 3.05) is 17.0 Å². The van der Waals surface area contributed by atoms with Gasteiger partial charge in [0.25, 0.3) is 0 Å². The van der Waals surface area contributed by atoms with Gasteiger partial charge in [0.05, 0.1) is 5.75 Å². The summed E-state index contributed by atoms with van der Waals surface area (Å²) in [6, 6.07) is 13.3. The van der Waals surface area contributed by atoms with Crippen molar-refractivity contribution in [3.63, 3.8) is 0 Å². The predicted octanol–water partition coefficient (Wildman–Crippen LogP) is 5.14. The van der Waals surface area contributed by atoms with Crippen molar-refractivity contribution in [1.29, 1.82) is 0 Å². The van der Waals surface area contributed by atoms with Gasteiger partial charge < -0.3 is 4.74 Å². The smallest absolute Gasteiger partial charge is 0.232 e. The van der Waals surface area contributed by atoms with Crippen LogP contribution in [0.3, 0.4) is 0 Å². The van der Waals surface area contributed by atoms with Crippen LogP contribution in [0, 0.1) is 0 Å². The summed E-state index contributed by atoms with van der Waals surface area (Å²) in [5.41, 5.74) is 3.13. The molecule has 1 aliphatic heterocycles. The van der Waals surface area contributed by atoms with Gasteiger partial charge in [0.15, 0.2) is 0 Å². The molecular formula is C22H30N2O3S. The second-order valence-electron chi connectivity index (χ2n) is 7.36. The summed E-state index contributed by atoms with van der Waals surface area (Å²) in [5.74, 6) is 1.74. The molecule has 0 aliphatic carbocycles. The van der Waals surface area contributed by atoms with Crippen LogP contribution in [0.15, 0.2) is 42.5 Å². The number of nitrogens with one attached hydrogen (secondary N) is 1. The summed E-state index contributed by atoms with van der Waals surface area (Å²) in [6.07, 6.45) is 3.74.